The van der Waals surface area contributed by atoms with Gasteiger partial charge in [-0.15, -0.1) is 0 Å². The lowest BCUT2D eigenvalue weighted by Gasteiger charge is -2.43. The van der Waals surface area contributed by atoms with Crippen molar-refractivity contribution in [3.8, 4) is 44.5 Å². The van der Waals surface area contributed by atoms with Gasteiger partial charge in [-0.2, -0.15) is 0 Å². The van der Waals surface area contributed by atoms with E-state index in [-0.39, 0.29) is 10.8 Å². The van der Waals surface area contributed by atoms with Crippen LogP contribution in [0.5, 0.6) is 0 Å². The number of anilines is 3. The normalized spacial score (nSPS) is 15.6. The maximum atomic E-state index is 2.56. The van der Waals surface area contributed by atoms with Gasteiger partial charge in [0.1, 0.15) is 0 Å². The van der Waals surface area contributed by atoms with Crippen LogP contribution in [0.1, 0.15) is 96.2 Å². The van der Waals surface area contributed by atoms with Crippen LogP contribution in [0.15, 0.2) is 273 Å². The summed E-state index contributed by atoms with van der Waals surface area (Å²) in [6.45, 7) is 9.73. The fourth-order valence-electron chi connectivity index (χ4n) is 14.3. The third-order valence-electron chi connectivity index (χ3n) is 17.9. The monoisotopic (exact) mass is 987 g/mol. The molecule has 77 heavy (non-hydrogen) atoms. The number of benzene rings is 11. The standard InChI is InChI=1S/C76H61N/c1-73(2)47-48-74(3,4)72-60(37-24-40-68(72)73)52-41-43-53(44-42-52)64-50-65-62-36-21-23-39-67(62)76(56-29-14-7-15-30-56,57-31-16-8-17-32-57)70(65)51-71(64)77(58-33-18-9-19-34-58)59-45-46-63-61-35-20-22-38-66(61)75(69(63)49-59,54-25-10-5-11-26-54)55-27-12-6-13-28-55/h5-46,49-51H,47-48H2,1-4H3. The minimum absolute atomic E-state index is 0.0662. The summed E-state index contributed by atoms with van der Waals surface area (Å²) in [6, 6.07) is 103. The van der Waals surface area contributed by atoms with E-state index >= 15 is 0 Å². The summed E-state index contributed by atoms with van der Waals surface area (Å²) in [7, 11) is 0. The molecule has 0 spiro atoms. The Morgan fingerprint density at radius 3 is 1.21 bits per heavy atom. The van der Waals surface area contributed by atoms with Gasteiger partial charge < -0.3 is 4.90 Å². The third-order valence-corrected chi connectivity index (χ3v) is 17.9. The number of hydrogen-bond donors (Lipinski definition) is 0. The van der Waals surface area contributed by atoms with E-state index in [9.17, 15) is 0 Å². The summed E-state index contributed by atoms with van der Waals surface area (Å²) in [6.07, 6.45) is 2.35. The van der Waals surface area contributed by atoms with Crippen LogP contribution in [-0.2, 0) is 21.7 Å². The summed E-state index contributed by atoms with van der Waals surface area (Å²) in [5.41, 5.74) is 25.4. The maximum absolute atomic E-state index is 2.56. The van der Waals surface area contributed by atoms with E-state index in [1.54, 1.807) is 0 Å². The smallest absolute Gasteiger partial charge is 0.0714 e. The molecule has 3 aliphatic carbocycles. The van der Waals surface area contributed by atoms with Crippen molar-refractivity contribution in [1.29, 1.82) is 0 Å². The second-order valence-corrected chi connectivity index (χ2v) is 22.9. The Labute approximate surface area is 454 Å². The number of nitrogens with zero attached hydrogens (tertiary/aromatic N) is 1. The topological polar surface area (TPSA) is 3.24 Å². The Morgan fingerprint density at radius 1 is 0.273 bits per heavy atom. The first kappa shape index (κ1) is 46.7. The zero-order chi connectivity index (χ0) is 51.9. The highest BCUT2D eigenvalue weighted by Gasteiger charge is 2.49. The van der Waals surface area contributed by atoms with E-state index in [4.69, 9.17) is 0 Å². The van der Waals surface area contributed by atoms with E-state index in [0.717, 1.165) is 23.5 Å². The molecule has 1 heteroatoms. The molecule has 0 saturated heterocycles. The number of rotatable bonds is 9. The van der Waals surface area contributed by atoms with Gasteiger partial charge in [-0.25, -0.2) is 0 Å². The summed E-state index contributed by atoms with van der Waals surface area (Å²) < 4.78 is 0. The van der Waals surface area contributed by atoms with Crippen LogP contribution < -0.4 is 4.90 Å². The Morgan fingerprint density at radius 2 is 0.675 bits per heavy atom. The average Bonchev–Trinajstić information content (AvgIpc) is 4.17. The van der Waals surface area contributed by atoms with Crippen molar-refractivity contribution in [2.24, 2.45) is 0 Å². The van der Waals surface area contributed by atoms with Crippen LogP contribution in [0.3, 0.4) is 0 Å². The molecule has 1 nitrogen and oxygen atoms in total. The SMILES string of the molecule is CC1(C)CCC(C)(C)c2c(-c3ccc(-c4cc5c(cc4N(c4ccccc4)c4ccc6c(c4)C(c4ccccc4)(c4ccccc4)c4ccccc4-6)C(c4ccccc4)(c4ccccc4)c4ccccc4-5)cc3)cccc21. The molecular weight excluding hydrogens is 927 g/mol. The molecule has 3 aliphatic rings. The minimum Gasteiger partial charge on any atom is -0.310 e. The van der Waals surface area contributed by atoms with Crippen molar-refractivity contribution in [3.63, 3.8) is 0 Å². The highest BCUT2D eigenvalue weighted by Crippen LogP contribution is 2.61. The molecule has 0 N–H and O–H groups in total. The second kappa shape index (κ2) is 17.9. The summed E-state index contributed by atoms with van der Waals surface area (Å²) in [5.74, 6) is 0. The molecule has 0 radical (unpaired) electrons. The highest BCUT2D eigenvalue weighted by atomic mass is 15.1. The Kier molecular flexibility index (Phi) is 10.9. The van der Waals surface area contributed by atoms with Gasteiger partial charge >= 0.3 is 0 Å². The predicted molar refractivity (Wildman–Crippen MR) is 322 cm³/mol. The summed E-state index contributed by atoms with van der Waals surface area (Å²) >= 11 is 0. The molecule has 0 atom stereocenters. The van der Waals surface area contributed by atoms with Crippen molar-refractivity contribution < 1.29 is 0 Å². The van der Waals surface area contributed by atoms with Crippen molar-refractivity contribution >= 4 is 17.1 Å². The van der Waals surface area contributed by atoms with E-state index in [0.29, 0.717) is 0 Å². The van der Waals surface area contributed by atoms with Gasteiger partial charge in [-0.1, -0.05) is 264 Å². The van der Waals surface area contributed by atoms with Crippen molar-refractivity contribution in [3.05, 3.63) is 329 Å². The molecule has 0 unspecified atom stereocenters. The minimum atomic E-state index is -0.601. The van der Waals surface area contributed by atoms with Gasteiger partial charge in [0.15, 0.2) is 0 Å². The van der Waals surface area contributed by atoms with Crippen molar-refractivity contribution in [2.75, 3.05) is 4.90 Å². The molecule has 0 bridgehead atoms. The van der Waals surface area contributed by atoms with Gasteiger partial charge in [-0.05, 0) is 155 Å². The fraction of sp³-hybridized carbons (Fsp3) is 0.132. The fourth-order valence-corrected chi connectivity index (χ4v) is 14.3. The molecule has 0 aliphatic heterocycles. The predicted octanol–water partition coefficient (Wildman–Crippen LogP) is 19.6. The van der Waals surface area contributed by atoms with E-state index in [1.807, 2.05) is 0 Å². The van der Waals surface area contributed by atoms with Crippen molar-refractivity contribution in [1.82, 2.24) is 0 Å². The molecule has 0 aromatic heterocycles. The molecule has 0 fully saturated rings. The van der Waals surface area contributed by atoms with Crippen LogP contribution in [0.4, 0.5) is 17.1 Å². The van der Waals surface area contributed by atoms with Crippen LogP contribution in [-0.4, -0.2) is 0 Å². The Bertz CT molecular complexity index is 3920. The molecule has 370 valence electrons. The third kappa shape index (κ3) is 7.06. The van der Waals surface area contributed by atoms with Crippen LogP contribution in [0, 0.1) is 0 Å². The van der Waals surface area contributed by atoms with Crippen LogP contribution >= 0.6 is 0 Å². The molecule has 0 saturated carbocycles. The van der Waals surface area contributed by atoms with Crippen LogP contribution in [0.25, 0.3) is 44.5 Å². The van der Waals surface area contributed by atoms with E-state index in [1.165, 1.54) is 107 Å². The lowest BCUT2D eigenvalue weighted by Crippen LogP contribution is -2.34. The zero-order valence-electron chi connectivity index (χ0n) is 44.3. The maximum Gasteiger partial charge on any atom is 0.0714 e. The molecule has 11 aromatic carbocycles. The van der Waals surface area contributed by atoms with Gasteiger partial charge in [-0.3, -0.25) is 0 Å². The second-order valence-electron chi connectivity index (χ2n) is 22.9. The van der Waals surface area contributed by atoms with E-state index < -0.39 is 10.8 Å². The van der Waals surface area contributed by atoms with Gasteiger partial charge in [0, 0.05) is 16.9 Å². The first-order valence-corrected chi connectivity index (χ1v) is 27.5. The molecule has 11 aromatic rings. The van der Waals surface area contributed by atoms with Crippen molar-refractivity contribution in [2.45, 2.75) is 62.2 Å². The number of fused-ring (bicyclic) bond motifs is 7. The first-order valence-electron chi connectivity index (χ1n) is 27.5. The average molecular weight is 988 g/mol. The molecule has 14 rings (SSSR count). The van der Waals surface area contributed by atoms with Gasteiger partial charge in [0.05, 0.1) is 16.5 Å². The first-order chi connectivity index (χ1) is 37.7. The summed E-state index contributed by atoms with van der Waals surface area (Å²) in [5, 5.41) is 0. The zero-order valence-corrected chi connectivity index (χ0v) is 44.3. The molecule has 0 amide bonds. The van der Waals surface area contributed by atoms with E-state index in [2.05, 4.69) is 306 Å². The quantitative estimate of drug-likeness (QED) is 0.139. The lowest BCUT2D eigenvalue weighted by molar-refractivity contribution is 0.333. The largest absolute Gasteiger partial charge is 0.310 e. The Hall–Kier alpha value is -8.78. The number of para-hydroxylation sites is 1. The highest BCUT2D eigenvalue weighted by molar-refractivity contribution is 5.98. The number of hydrogen-bond acceptors (Lipinski definition) is 1. The van der Waals surface area contributed by atoms with Gasteiger partial charge in [0.25, 0.3) is 0 Å². The van der Waals surface area contributed by atoms with Crippen LogP contribution in [0.2, 0.25) is 0 Å². The molecular formula is C76H61N. The Balaban J connectivity index is 1.06. The summed E-state index contributed by atoms with van der Waals surface area (Å²) in [4.78, 5) is 2.55. The lowest BCUT2D eigenvalue weighted by atomic mass is 9.61. The molecule has 0 heterocycles. The van der Waals surface area contributed by atoms with Gasteiger partial charge in [0.2, 0.25) is 0 Å².